The van der Waals surface area contributed by atoms with Crippen LogP contribution >= 0.6 is 0 Å². The summed E-state index contributed by atoms with van der Waals surface area (Å²) in [7, 11) is 1.66. The molecule has 3 nitrogen and oxygen atoms in total. The summed E-state index contributed by atoms with van der Waals surface area (Å²) in [5, 5.41) is 13.7. The first-order valence-electron chi connectivity index (χ1n) is 7.16. The summed E-state index contributed by atoms with van der Waals surface area (Å²) >= 11 is 0. The predicted octanol–water partition coefficient (Wildman–Crippen LogP) is 3.21. The first kappa shape index (κ1) is 16.0. The lowest BCUT2D eigenvalue weighted by Crippen LogP contribution is -2.32. The Morgan fingerprint density at radius 1 is 1.32 bits per heavy atom. The Hall–Kier alpha value is -1.06. The molecule has 0 fully saturated rings. The van der Waals surface area contributed by atoms with Crippen LogP contribution in [0.2, 0.25) is 0 Å². The Kier molecular flexibility index (Phi) is 6.89. The molecule has 0 heterocycles. The number of hydrogen-bond acceptors (Lipinski definition) is 3. The predicted molar refractivity (Wildman–Crippen MR) is 79.7 cm³/mol. The fourth-order valence-electron chi connectivity index (χ4n) is 2.19. The lowest BCUT2D eigenvalue weighted by Gasteiger charge is -2.21. The van der Waals surface area contributed by atoms with E-state index in [9.17, 15) is 5.11 Å². The standard InChI is InChI=1S/C16H27NO2/c1-5-6-7-10-17-13(3)16(18)14-8-9-15(19-4)12(2)11-14/h8-9,11,13,16-18H,5-7,10H2,1-4H3. The molecule has 2 unspecified atom stereocenters. The fourth-order valence-corrected chi connectivity index (χ4v) is 2.19. The van der Waals surface area contributed by atoms with Gasteiger partial charge in [-0.3, -0.25) is 0 Å². The van der Waals surface area contributed by atoms with Crippen LogP contribution in [0.4, 0.5) is 0 Å². The Morgan fingerprint density at radius 2 is 2.05 bits per heavy atom. The molecular formula is C16H27NO2. The van der Waals surface area contributed by atoms with Gasteiger partial charge in [0.15, 0.2) is 0 Å². The Labute approximate surface area is 117 Å². The number of benzene rings is 1. The van der Waals surface area contributed by atoms with Crippen LogP contribution in [0.25, 0.3) is 0 Å². The van der Waals surface area contributed by atoms with Crippen molar-refractivity contribution >= 4 is 0 Å². The van der Waals surface area contributed by atoms with Crippen LogP contribution < -0.4 is 10.1 Å². The van der Waals surface area contributed by atoms with Gasteiger partial charge < -0.3 is 15.2 Å². The molecule has 0 spiro atoms. The van der Waals surface area contributed by atoms with Gasteiger partial charge in [-0.1, -0.05) is 25.8 Å². The van der Waals surface area contributed by atoms with E-state index in [0.29, 0.717) is 0 Å². The molecule has 19 heavy (non-hydrogen) atoms. The van der Waals surface area contributed by atoms with E-state index in [-0.39, 0.29) is 6.04 Å². The molecule has 0 radical (unpaired) electrons. The first-order valence-corrected chi connectivity index (χ1v) is 7.16. The average molecular weight is 265 g/mol. The maximum Gasteiger partial charge on any atom is 0.121 e. The van der Waals surface area contributed by atoms with Crippen molar-refractivity contribution in [2.75, 3.05) is 13.7 Å². The molecule has 0 aromatic heterocycles. The third-order valence-corrected chi connectivity index (χ3v) is 3.48. The molecule has 0 saturated carbocycles. The summed E-state index contributed by atoms with van der Waals surface area (Å²) < 4.78 is 5.23. The van der Waals surface area contributed by atoms with E-state index in [2.05, 4.69) is 12.2 Å². The average Bonchev–Trinajstić information content (AvgIpc) is 2.42. The molecule has 0 saturated heterocycles. The first-order chi connectivity index (χ1) is 9.10. The van der Waals surface area contributed by atoms with Crippen molar-refractivity contribution in [3.63, 3.8) is 0 Å². The van der Waals surface area contributed by atoms with Crippen molar-refractivity contribution in [1.82, 2.24) is 5.32 Å². The van der Waals surface area contributed by atoms with Crippen molar-refractivity contribution in [3.05, 3.63) is 29.3 Å². The van der Waals surface area contributed by atoms with Crippen LogP contribution in [0.1, 0.15) is 50.3 Å². The summed E-state index contributed by atoms with van der Waals surface area (Å²) in [6.07, 6.45) is 3.13. The fraction of sp³-hybridized carbons (Fsp3) is 0.625. The van der Waals surface area contributed by atoms with Crippen LogP contribution in [0.15, 0.2) is 18.2 Å². The van der Waals surface area contributed by atoms with Crippen LogP contribution in [-0.4, -0.2) is 24.8 Å². The summed E-state index contributed by atoms with van der Waals surface area (Å²) in [5.74, 6) is 0.861. The number of hydrogen-bond donors (Lipinski definition) is 2. The molecule has 0 aliphatic carbocycles. The van der Waals surface area contributed by atoms with Gasteiger partial charge in [0, 0.05) is 6.04 Å². The summed E-state index contributed by atoms with van der Waals surface area (Å²) in [6, 6.07) is 5.90. The zero-order valence-electron chi connectivity index (χ0n) is 12.6. The highest BCUT2D eigenvalue weighted by atomic mass is 16.5. The normalized spacial score (nSPS) is 14.2. The molecule has 0 aliphatic heterocycles. The highest BCUT2D eigenvalue weighted by Gasteiger charge is 2.16. The second-order valence-electron chi connectivity index (χ2n) is 5.12. The van der Waals surface area contributed by atoms with Crippen molar-refractivity contribution in [2.24, 2.45) is 0 Å². The zero-order valence-corrected chi connectivity index (χ0v) is 12.6. The summed E-state index contributed by atoms with van der Waals surface area (Å²) in [5.41, 5.74) is 1.99. The van der Waals surface area contributed by atoms with Crippen LogP contribution in [0.5, 0.6) is 5.75 Å². The molecule has 3 heteroatoms. The van der Waals surface area contributed by atoms with Crippen molar-refractivity contribution in [2.45, 2.75) is 52.2 Å². The molecular weight excluding hydrogens is 238 g/mol. The number of aryl methyl sites for hydroxylation is 1. The molecule has 2 N–H and O–H groups in total. The van der Waals surface area contributed by atoms with Gasteiger partial charge >= 0.3 is 0 Å². The topological polar surface area (TPSA) is 41.5 Å². The van der Waals surface area contributed by atoms with Gasteiger partial charge in [0.05, 0.1) is 13.2 Å². The number of aliphatic hydroxyl groups is 1. The minimum Gasteiger partial charge on any atom is -0.496 e. The number of rotatable bonds is 8. The summed E-state index contributed by atoms with van der Waals surface area (Å²) in [6.45, 7) is 7.17. The lowest BCUT2D eigenvalue weighted by atomic mass is 10.0. The number of unbranched alkanes of at least 4 members (excludes halogenated alkanes) is 2. The largest absolute Gasteiger partial charge is 0.496 e. The van der Waals surface area contributed by atoms with Crippen molar-refractivity contribution in [1.29, 1.82) is 0 Å². The van der Waals surface area contributed by atoms with Gasteiger partial charge in [-0.05, 0) is 50.1 Å². The number of ether oxygens (including phenoxy) is 1. The molecule has 0 bridgehead atoms. The van der Waals surface area contributed by atoms with Crippen LogP contribution in [0, 0.1) is 6.92 Å². The molecule has 1 rings (SSSR count). The van der Waals surface area contributed by atoms with Gasteiger partial charge in [0.25, 0.3) is 0 Å². The van der Waals surface area contributed by atoms with Crippen LogP contribution in [0.3, 0.4) is 0 Å². The molecule has 0 aliphatic rings. The molecule has 2 atom stereocenters. The highest BCUT2D eigenvalue weighted by molar-refractivity contribution is 5.37. The molecule has 0 amide bonds. The maximum absolute atomic E-state index is 10.3. The Balaban J connectivity index is 2.56. The van der Waals surface area contributed by atoms with Gasteiger partial charge in [0.1, 0.15) is 5.75 Å². The SMILES string of the molecule is CCCCCNC(C)C(O)c1ccc(OC)c(C)c1. The second-order valence-corrected chi connectivity index (χ2v) is 5.12. The van der Waals surface area contributed by atoms with Gasteiger partial charge in [-0.25, -0.2) is 0 Å². The van der Waals surface area contributed by atoms with E-state index in [1.807, 2.05) is 32.0 Å². The highest BCUT2D eigenvalue weighted by Crippen LogP contribution is 2.24. The van der Waals surface area contributed by atoms with E-state index in [1.54, 1.807) is 7.11 Å². The number of nitrogens with one attached hydrogen (secondary N) is 1. The van der Waals surface area contributed by atoms with Crippen molar-refractivity contribution in [3.8, 4) is 5.75 Å². The third-order valence-electron chi connectivity index (χ3n) is 3.48. The third kappa shape index (κ3) is 4.84. The molecule has 108 valence electrons. The minimum absolute atomic E-state index is 0.0599. The van der Waals surface area contributed by atoms with E-state index in [0.717, 1.165) is 29.8 Å². The van der Waals surface area contributed by atoms with E-state index in [1.165, 1.54) is 12.8 Å². The Bertz CT molecular complexity index is 379. The summed E-state index contributed by atoms with van der Waals surface area (Å²) in [4.78, 5) is 0. The van der Waals surface area contributed by atoms with E-state index in [4.69, 9.17) is 4.74 Å². The second kappa shape index (κ2) is 8.18. The van der Waals surface area contributed by atoms with Crippen molar-refractivity contribution < 1.29 is 9.84 Å². The van der Waals surface area contributed by atoms with E-state index >= 15 is 0 Å². The van der Waals surface area contributed by atoms with E-state index < -0.39 is 6.10 Å². The quantitative estimate of drug-likeness (QED) is 0.709. The molecule has 1 aromatic carbocycles. The number of aliphatic hydroxyl groups excluding tert-OH is 1. The zero-order chi connectivity index (χ0) is 14.3. The lowest BCUT2D eigenvalue weighted by molar-refractivity contribution is 0.136. The smallest absolute Gasteiger partial charge is 0.121 e. The monoisotopic (exact) mass is 265 g/mol. The maximum atomic E-state index is 10.3. The Morgan fingerprint density at radius 3 is 2.63 bits per heavy atom. The molecule has 1 aromatic rings. The minimum atomic E-state index is -0.480. The number of methoxy groups -OCH3 is 1. The van der Waals surface area contributed by atoms with Gasteiger partial charge in [-0.15, -0.1) is 0 Å². The van der Waals surface area contributed by atoms with Gasteiger partial charge in [-0.2, -0.15) is 0 Å². The van der Waals surface area contributed by atoms with Gasteiger partial charge in [0.2, 0.25) is 0 Å². The van der Waals surface area contributed by atoms with Crippen LogP contribution in [-0.2, 0) is 0 Å².